The standard InChI is InChI=1S/C13H18N6S/c1-14-13-11(16-17-20-13)10-18-6-8-19(9-7-18)12-4-2-3-5-15-12/h2-5,14H,6-10H2,1H3. The molecule has 2 aromatic rings. The van der Waals surface area contributed by atoms with Gasteiger partial charge in [-0.05, 0) is 12.1 Å². The van der Waals surface area contributed by atoms with Crippen molar-refractivity contribution in [1.29, 1.82) is 0 Å². The zero-order chi connectivity index (χ0) is 13.8. The van der Waals surface area contributed by atoms with E-state index in [9.17, 15) is 0 Å². The Bertz CT molecular complexity index is 535. The molecule has 0 spiro atoms. The minimum Gasteiger partial charge on any atom is -0.377 e. The molecule has 7 heteroatoms. The maximum atomic E-state index is 4.41. The number of pyridine rings is 1. The van der Waals surface area contributed by atoms with Crippen molar-refractivity contribution in [2.75, 3.05) is 43.4 Å². The van der Waals surface area contributed by atoms with Crippen molar-refractivity contribution >= 4 is 22.4 Å². The Balaban J connectivity index is 1.56. The SMILES string of the molecule is CNc1snnc1CN1CCN(c2ccccn2)CC1. The summed E-state index contributed by atoms with van der Waals surface area (Å²) in [6, 6.07) is 6.06. The van der Waals surface area contributed by atoms with E-state index in [-0.39, 0.29) is 0 Å². The molecule has 0 amide bonds. The van der Waals surface area contributed by atoms with Gasteiger partial charge in [-0.25, -0.2) is 4.98 Å². The maximum Gasteiger partial charge on any atom is 0.134 e. The number of aromatic nitrogens is 3. The first kappa shape index (κ1) is 13.3. The molecular weight excluding hydrogens is 272 g/mol. The highest BCUT2D eigenvalue weighted by Crippen LogP contribution is 2.20. The van der Waals surface area contributed by atoms with Crippen LogP contribution in [0.15, 0.2) is 24.4 Å². The second-order valence-electron chi connectivity index (χ2n) is 4.75. The molecule has 3 rings (SSSR count). The van der Waals surface area contributed by atoms with Gasteiger partial charge in [-0.3, -0.25) is 4.90 Å². The highest BCUT2D eigenvalue weighted by atomic mass is 32.1. The van der Waals surface area contributed by atoms with E-state index in [1.165, 1.54) is 11.5 Å². The maximum absolute atomic E-state index is 4.41. The highest BCUT2D eigenvalue weighted by Gasteiger charge is 2.19. The quantitative estimate of drug-likeness (QED) is 0.916. The molecule has 0 unspecified atom stereocenters. The fourth-order valence-electron chi connectivity index (χ4n) is 2.39. The van der Waals surface area contributed by atoms with Crippen molar-refractivity contribution in [3.05, 3.63) is 30.1 Å². The lowest BCUT2D eigenvalue weighted by molar-refractivity contribution is 0.247. The predicted molar refractivity (Wildman–Crippen MR) is 81.2 cm³/mol. The van der Waals surface area contributed by atoms with Crippen LogP contribution >= 0.6 is 11.5 Å². The van der Waals surface area contributed by atoms with Crippen molar-refractivity contribution in [2.24, 2.45) is 0 Å². The average molecular weight is 290 g/mol. The Labute approximate surface area is 122 Å². The monoisotopic (exact) mass is 290 g/mol. The minimum atomic E-state index is 0.864. The van der Waals surface area contributed by atoms with Crippen LogP contribution in [0.4, 0.5) is 10.8 Å². The zero-order valence-corrected chi connectivity index (χ0v) is 12.3. The third kappa shape index (κ3) is 2.88. The summed E-state index contributed by atoms with van der Waals surface area (Å²) in [4.78, 5) is 9.15. The van der Waals surface area contributed by atoms with Crippen molar-refractivity contribution < 1.29 is 0 Å². The van der Waals surface area contributed by atoms with E-state index < -0.39 is 0 Å². The van der Waals surface area contributed by atoms with Gasteiger partial charge in [-0.2, -0.15) is 0 Å². The van der Waals surface area contributed by atoms with Gasteiger partial charge in [0.25, 0.3) is 0 Å². The topological polar surface area (TPSA) is 57.2 Å². The number of hydrogen-bond donors (Lipinski definition) is 1. The molecule has 0 radical (unpaired) electrons. The van der Waals surface area contributed by atoms with Gasteiger partial charge in [-0.1, -0.05) is 10.6 Å². The first-order valence-corrected chi connectivity index (χ1v) is 7.51. The van der Waals surface area contributed by atoms with Crippen LogP contribution < -0.4 is 10.2 Å². The lowest BCUT2D eigenvalue weighted by Crippen LogP contribution is -2.46. The molecule has 1 saturated heterocycles. The Morgan fingerprint density at radius 3 is 2.80 bits per heavy atom. The van der Waals surface area contributed by atoms with Gasteiger partial charge in [0.05, 0.1) is 0 Å². The van der Waals surface area contributed by atoms with E-state index in [1.54, 1.807) is 0 Å². The molecule has 2 aromatic heterocycles. The van der Waals surface area contributed by atoms with Crippen molar-refractivity contribution in [3.63, 3.8) is 0 Å². The van der Waals surface area contributed by atoms with Gasteiger partial charge in [0, 0.05) is 57.5 Å². The number of anilines is 2. The summed E-state index contributed by atoms with van der Waals surface area (Å²) in [5.74, 6) is 1.07. The van der Waals surface area contributed by atoms with Crippen molar-refractivity contribution in [1.82, 2.24) is 19.5 Å². The highest BCUT2D eigenvalue weighted by molar-refractivity contribution is 7.10. The number of piperazine rings is 1. The van der Waals surface area contributed by atoms with Crippen LogP contribution in [0.25, 0.3) is 0 Å². The second-order valence-corrected chi connectivity index (χ2v) is 5.50. The van der Waals surface area contributed by atoms with Gasteiger partial charge in [0.1, 0.15) is 16.5 Å². The van der Waals surface area contributed by atoms with Crippen LogP contribution in [0.5, 0.6) is 0 Å². The number of nitrogens with one attached hydrogen (secondary N) is 1. The summed E-state index contributed by atoms with van der Waals surface area (Å²) in [5.41, 5.74) is 1.05. The minimum absolute atomic E-state index is 0.864. The third-order valence-electron chi connectivity index (χ3n) is 3.50. The van der Waals surface area contributed by atoms with E-state index in [4.69, 9.17) is 0 Å². The summed E-state index contributed by atoms with van der Waals surface area (Å²) in [5, 5.41) is 8.41. The second kappa shape index (κ2) is 6.15. The summed E-state index contributed by atoms with van der Waals surface area (Å²) >= 11 is 1.42. The molecular formula is C13H18N6S. The van der Waals surface area contributed by atoms with Crippen LogP contribution in [0, 0.1) is 0 Å². The van der Waals surface area contributed by atoms with Crippen LogP contribution in [-0.2, 0) is 6.54 Å². The molecule has 0 bridgehead atoms. The Morgan fingerprint density at radius 2 is 2.10 bits per heavy atom. The van der Waals surface area contributed by atoms with Crippen LogP contribution in [0.3, 0.4) is 0 Å². The Hall–Kier alpha value is -1.73. The van der Waals surface area contributed by atoms with Crippen molar-refractivity contribution in [2.45, 2.75) is 6.54 Å². The van der Waals surface area contributed by atoms with Gasteiger partial charge < -0.3 is 10.2 Å². The number of nitrogens with zero attached hydrogens (tertiary/aromatic N) is 5. The molecule has 0 aliphatic carbocycles. The van der Waals surface area contributed by atoms with E-state index in [0.717, 1.165) is 49.2 Å². The summed E-state index contributed by atoms with van der Waals surface area (Å²) in [7, 11) is 1.91. The molecule has 0 saturated carbocycles. The first-order chi connectivity index (χ1) is 9.86. The lowest BCUT2D eigenvalue weighted by Gasteiger charge is -2.35. The average Bonchev–Trinajstić information content (AvgIpc) is 2.96. The van der Waals surface area contributed by atoms with Crippen molar-refractivity contribution in [3.8, 4) is 0 Å². The lowest BCUT2D eigenvalue weighted by atomic mass is 10.3. The van der Waals surface area contributed by atoms with Crippen LogP contribution in [-0.4, -0.2) is 52.7 Å². The molecule has 1 fully saturated rings. The number of rotatable bonds is 4. The van der Waals surface area contributed by atoms with Gasteiger partial charge in [0.15, 0.2) is 0 Å². The zero-order valence-electron chi connectivity index (χ0n) is 11.5. The van der Waals surface area contributed by atoms with Gasteiger partial charge in [-0.15, -0.1) is 5.10 Å². The third-order valence-corrected chi connectivity index (χ3v) is 4.29. The Kier molecular flexibility index (Phi) is 4.08. The Morgan fingerprint density at radius 1 is 1.25 bits per heavy atom. The number of hydrogen-bond acceptors (Lipinski definition) is 7. The normalized spacial score (nSPS) is 16.4. The molecule has 0 atom stereocenters. The summed E-state index contributed by atoms with van der Waals surface area (Å²) < 4.78 is 4.00. The fraction of sp³-hybridized carbons (Fsp3) is 0.462. The first-order valence-electron chi connectivity index (χ1n) is 6.74. The molecule has 106 valence electrons. The molecule has 0 aromatic carbocycles. The predicted octanol–water partition coefficient (Wildman–Crippen LogP) is 1.30. The van der Waals surface area contributed by atoms with Gasteiger partial charge in [0.2, 0.25) is 0 Å². The molecule has 1 aliphatic heterocycles. The van der Waals surface area contributed by atoms with Crippen LogP contribution in [0.2, 0.25) is 0 Å². The summed E-state index contributed by atoms with van der Waals surface area (Å²) in [6.45, 7) is 4.92. The van der Waals surface area contributed by atoms with Gasteiger partial charge >= 0.3 is 0 Å². The van der Waals surface area contributed by atoms with E-state index >= 15 is 0 Å². The smallest absolute Gasteiger partial charge is 0.134 e. The van der Waals surface area contributed by atoms with E-state index in [2.05, 4.69) is 35.8 Å². The fourth-order valence-corrected chi connectivity index (χ4v) is 2.91. The van der Waals surface area contributed by atoms with E-state index in [0.29, 0.717) is 0 Å². The molecule has 1 N–H and O–H groups in total. The summed E-state index contributed by atoms with van der Waals surface area (Å²) in [6.07, 6.45) is 1.85. The molecule has 20 heavy (non-hydrogen) atoms. The molecule has 6 nitrogen and oxygen atoms in total. The molecule has 1 aliphatic rings. The van der Waals surface area contributed by atoms with Crippen LogP contribution in [0.1, 0.15) is 5.69 Å². The molecule has 3 heterocycles. The van der Waals surface area contributed by atoms with E-state index in [1.807, 2.05) is 25.4 Å². The largest absolute Gasteiger partial charge is 0.377 e.